The van der Waals surface area contributed by atoms with Crippen LogP contribution in [0.3, 0.4) is 0 Å². The minimum Gasteiger partial charge on any atom is -0.253 e. The lowest BCUT2D eigenvalue weighted by Crippen LogP contribution is -1.96. The highest BCUT2D eigenvalue weighted by molar-refractivity contribution is 5.82. The monoisotopic (exact) mass is 259 g/mol. The van der Waals surface area contributed by atoms with Crippen molar-refractivity contribution in [3.63, 3.8) is 0 Å². The Morgan fingerprint density at radius 1 is 1.00 bits per heavy atom. The predicted octanol–water partition coefficient (Wildman–Crippen LogP) is 5.97. The van der Waals surface area contributed by atoms with E-state index in [1.54, 1.807) is 0 Å². The van der Waals surface area contributed by atoms with E-state index in [2.05, 4.69) is 56.1 Å². The molecule has 0 atom stereocenters. The minimum atomic E-state index is 0.500. The molecule has 1 heteroatoms. The van der Waals surface area contributed by atoms with Crippen LogP contribution in [0.15, 0.2) is 30.3 Å². The standard InChI is InChI=1S/C14H17N.2C2H6/c1-4-11-9-14(10(2)3)15-13-8-6-5-7-12(11)13;2*1-2/h5-10H,4H2,1-3H3;2*1-2H3. The summed E-state index contributed by atoms with van der Waals surface area (Å²) in [4.78, 5) is 4.68. The fraction of sp³-hybridized carbons (Fsp3) is 0.500. The van der Waals surface area contributed by atoms with Crippen LogP contribution in [0.4, 0.5) is 0 Å². The summed E-state index contributed by atoms with van der Waals surface area (Å²) in [5, 5.41) is 1.30. The molecule has 0 bridgehead atoms. The van der Waals surface area contributed by atoms with Gasteiger partial charge in [0.2, 0.25) is 0 Å². The zero-order valence-corrected chi connectivity index (χ0v) is 13.6. The molecule has 0 saturated carbocycles. The van der Waals surface area contributed by atoms with Crippen LogP contribution in [0.1, 0.15) is 65.6 Å². The molecular weight excluding hydrogens is 230 g/mol. The van der Waals surface area contributed by atoms with Gasteiger partial charge in [-0.2, -0.15) is 0 Å². The predicted molar refractivity (Wildman–Crippen MR) is 87.9 cm³/mol. The first kappa shape index (κ1) is 17.6. The Bertz CT molecular complexity index is 472. The van der Waals surface area contributed by atoms with Crippen molar-refractivity contribution in [3.05, 3.63) is 41.6 Å². The molecule has 1 aromatic carbocycles. The van der Waals surface area contributed by atoms with Gasteiger partial charge >= 0.3 is 0 Å². The van der Waals surface area contributed by atoms with E-state index in [0.717, 1.165) is 11.9 Å². The van der Waals surface area contributed by atoms with Gasteiger partial charge in [-0.05, 0) is 30.0 Å². The summed E-state index contributed by atoms with van der Waals surface area (Å²) in [6, 6.07) is 10.6. The van der Waals surface area contributed by atoms with Gasteiger partial charge in [0.15, 0.2) is 0 Å². The van der Waals surface area contributed by atoms with Gasteiger partial charge in [-0.15, -0.1) is 0 Å². The molecule has 0 aliphatic carbocycles. The number of aryl methyl sites for hydroxylation is 1. The third-order valence-electron chi connectivity index (χ3n) is 2.79. The topological polar surface area (TPSA) is 12.9 Å². The van der Waals surface area contributed by atoms with Gasteiger partial charge in [0.25, 0.3) is 0 Å². The number of benzene rings is 1. The van der Waals surface area contributed by atoms with E-state index in [-0.39, 0.29) is 0 Å². The lowest BCUT2D eigenvalue weighted by Gasteiger charge is -2.10. The van der Waals surface area contributed by atoms with Crippen molar-refractivity contribution in [1.82, 2.24) is 4.98 Å². The summed E-state index contributed by atoms with van der Waals surface area (Å²) in [5.41, 5.74) is 3.73. The number of hydrogen-bond acceptors (Lipinski definition) is 1. The average Bonchev–Trinajstić information content (AvgIpc) is 2.50. The molecule has 106 valence electrons. The SMILES string of the molecule is CC.CC.CCc1cc(C(C)C)nc2ccccc12. The normalized spacial score (nSPS) is 9.47. The molecule has 0 unspecified atom stereocenters. The first-order chi connectivity index (χ1) is 9.22. The van der Waals surface area contributed by atoms with Crippen molar-refractivity contribution in [2.45, 2.75) is 60.8 Å². The van der Waals surface area contributed by atoms with Gasteiger partial charge in [0, 0.05) is 11.1 Å². The molecule has 19 heavy (non-hydrogen) atoms. The van der Waals surface area contributed by atoms with Crippen LogP contribution in [-0.2, 0) is 6.42 Å². The molecule has 0 radical (unpaired) electrons. The van der Waals surface area contributed by atoms with Crippen LogP contribution in [0.2, 0.25) is 0 Å². The Morgan fingerprint density at radius 3 is 2.11 bits per heavy atom. The van der Waals surface area contributed by atoms with Crippen molar-refractivity contribution >= 4 is 10.9 Å². The molecule has 0 aliphatic heterocycles. The maximum absolute atomic E-state index is 4.68. The molecule has 0 fully saturated rings. The van der Waals surface area contributed by atoms with Crippen molar-refractivity contribution in [3.8, 4) is 0 Å². The van der Waals surface area contributed by atoms with Crippen molar-refractivity contribution < 1.29 is 0 Å². The van der Waals surface area contributed by atoms with E-state index in [1.807, 2.05) is 27.7 Å². The van der Waals surface area contributed by atoms with Gasteiger partial charge in [0.1, 0.15) is 0 Å². The molecule has 2 aromatic rings. The summed E-state index contributed by atoms with van der Waals surface area (Å²) < 4.78 is 0. The Hall–Kier alpha value is -1.37. The lowest BCUT2D eigenvalue weighted by atomic mass is 10.0. The zero-order chi connectivity index (χ0) is 14.8. The highest BCUT2D eigenvalue weighted by Gasteiger charge is 2.06. The number of pyridine rings is 1. The summed E-state index contributed by atoms with van der Waals surface area (Å²) in [7, 11) is 0. The first-order valence-corrected chi connectivity index (χ1v) is 7.61. The fourth-order valence-corrected chi connectivity index (χ4v) is 1.86. The second kappa shape index (κ2) is 9.55. The largest absolute Gasteiger partial charge is 0.253 e. The van der Waals surface area contributed by atoms with Gasteiger partial charge in [-0.3, -0.25) is 4.98 Å². The Labute approximate surface area is 119 Å². The van der Waals surface area contributed by atoms with E-state index >= 15 is 0 Å². The highest BCUT2D eigenvalue weighted by atomic mass is 14.7. The number of hydrogen-bond donors (Lipinski definition) is 0. The summed E-state index contributed by atoms with van der Waals surface area (Å²) in [6.45, 7) is 14.6. The van der Waals surface area contributed by atoms with Gasteiger partial charge < -0.3 is 0 Å². The van der Waals surface area contributed by atoms with Crippen molar-refractivity contribution in [1.29, 1.82) is 0 Å². The van der Waals surface area contributed by atoms with Crippen molar-refractivity contribution in [2.75, 3.05) is 0 Å². The summed E-state index contributed by atoms with van der Waals surface area (Å²) in [5.74, 6) is 0.500. The number of nitrogens with zero attached hydrogens (tertiary/aromatic N) is 1. The quantitative estimate of drug-likeness (QED) is 0.647. The fourth-order valence-electron chi connectivity index (χ4n) is 1.86. The lowest BCUT2D eigenvalue weighted by molar-refractivity contribution is 0.826. The first-order valence-electron chi connectivity index (χ1n) is 7.61. The second-order valence-corrected chi connectivity index (χ2v) is 4.23. The van der Waals surface area contributed by atoms with Crippen LogP contribution >= 0.6 is 0 Å². The summed E-state index contributed by atoms with van der Waals surface area (Å²) in [6.07, 6.45) is 1.07. The van der Waals surface area contributed by atoms with Crippen molar-refractivity contribution in [2.24, 2.45) is 0 Å². The van der Waals surface area contributed by atoms with Gasteiger partial charge in [-0.1, -0.05) is 66.7 Å². The smallest absolute Gasteiger partial charge is 0.0708 e. The highest BCUT2D eigenvalue weighted by Crippen LogP contribution is 2.22. The van der Waals surface area contributed by atoms with E-state index in [9.17, 15) is 0 Å². The van der Waals surface area contributed by atoms with Crippen LogP contribution < -0.4 is 0 Å². The molecule has 1 heterocycles. The number of para-hydroxylation sites is 1. The summed E-state index contributed by atoms with van der Waals surface area (Å²) >= 11 is 0. The van der Waals surface area contributed by atoms with E-state index in [1.165, 1.54) is 16.6 Å². The molecule has 0 N–H and O–H groups in total. The third-order valence-corrected chi connectivity index (χ3v) is 2.79. The molecule has 0 saturated heterocycles. The van der Waals surface area contributed by atoms with Crippen LogP contribution in [0.25, 0.3) is 10.9 Å². The molecule has 2 rings (SSSR count). The van der Waals surface area contributed by atoms with Gasteiger partial charge in [-0.25, -0.2) is 0 Å². The Morgan fingerprint density at radius 2 is 1.58 bits per heavy atom. The van der Waals surface area contributed by atoms with Crippen LogP contribution in [-0.4, -0.2) is 4.98 Å². The van der Waals surface area contributed by atoms with Crippen LogP contribution in [0, 0.1) is 0 Å². The van der Waals surface area contributed by atoms with E-state index in [4.69, 9.17) is 0 Å². The minimum absolute atomic E-state index is 0.500. The second-order valence-electron chi connectivity index (χ2n) is 4.23. The maximum atomic E-state index is 4.68. The third kappa shape index (κ3) is 4.66. The number of fused-ring (bicyclic) bond motifs is 1. The Kier molecular flexibility index (Phi) is 8.86. The Balaban J connectivity index is 0.000000741. The number of rotatable bonds is 2. The molecular formula is C18H29N. The molecule has 0 amide bonds. The van der Waals surface area contributed by atoms with Gasteiger partial charge in [0.05, 0.1) is 5.52 Å². The maximum Gasteiger partial charge on any atom is 0.0708 e. The molecule has 0 spiro atoms. The van der Waals surface area contributed by atoms with Crippen LogP contribution in [0.5, 0.6) is 0 Å². The number of aromatic nitrogens is 1. The molecule has 0 aliphatic rings. The molecule has 1 nitrogen and oxygen atoms in total. The average molecular weight is 259 g/mol. The molecule has 1 aromatic heterocycles. The van der Waals surface area contributed by atoms with E-state index in [0.29, 0.717) is 5.92 Å². The van der Waals surface area contributed by atoms with E-state index < -0.39 is 0 Å². The zero-order valence-electron chi connectivity index (χ0n) is 13.6.